The van der Waals surface area contributed by atoms with E-state index in [0.29, 0.717) is 22.6 Å². The minimum Gasteiger partial charge on any atom is -0.496 e. The summed E-state index contributed by atoms with van der Waals surface area (Å²) in [6.07, 6.45) is 5.18. The van der Waals surface area contributed by atoms with Crippen molar-refractivity contribution in [3.63, 3.8) is 0 Å². The minimum absolute atomic E-state index is 0.471. The average molecular weight is 477 g/mol. The highest BCUT2D eigenvalue weighted by molar-refractivity contribution is 6.32. The first-order chi connectivity index (χ1) is 16.5. The van der Waals surface area contributed by atoms with E-state index in [1.54, 1.807) is 20.3 Å². The van der Waals surface area contributed by atoms with E-state index in [9.17, 15) is 0 Å². The molecule has 0 amide bonds. The van der Waals surface area contributed by atoms with Crippen LogP contribution in [-0.4, -0.2) is 42.7 Å². The molecule has 3 heterocycles. The number of hydrogen-bond donors (Lipinski definition) is 1. The lowest BCUT2D eigenvalue weighted by Gasteiger charge is -2.19. The van der Waals surface area contributed by atoms with E-state index in [1.807, 2.05) is 16.7 Å². The number of nitrogens with zero attached hydrogens (tertiary/aromatic N) is 3. The Morgan fingerprint density at radius 3 is 2.62 bits per heavy atom. The van der Waals surface area contributed by atoms with Crippen LogP contribution >= 0.6 is 11.6 Å². The van der Waals surface area contributed by atoms with Crippen molar-refractivity contribution in [1.82, 2.24) is 14.7 Å². The molecule has 1 unspecified atom stereocenters. The third-order valence-corrected chi connectivity index (χ3v) is 6.76. The standard InChI is InChI=1S/C27H29ClN4O2/c1-18-4-6-19(7-5-18)15-29-20-8-10-31(16-20)21-9-11-32-17-24(30-27(32)12-21)22-13-23(28)26(34-3)14-25(22)33-2/h4-7,9,11-14,17,20,29H,8,10,15-16H2,1-3H3. The lowest BCUT2D eigenvalue weighted by atomic mass is 10.1. The summed E-state index contributed by atoms with van der Waals surface area (Å²) in [5.41, 5.74) is 6.32. The second-order valence-electron chi connectivity index (χ2n) is 8.76. The zero-order valence-electron chi connectivity index (χ0n) is 19.7. The maximum absolute atomic E-state index is 6.38. The molecule has 0 aliphatic carbocycles. The van der Waals surface area contributed by atoms with E-state index in [4.69, 9.17) is 26.1 Å². The van der Waals surface area contributed by atoms with Gasteiger partial charge in [0.25, 0.3) is 0 Å². The first kappa shape index (κ1) is 22.6. The van der Waals surface area contributed by atoms with Gasteiger partial charge in [-0.2, -0.15) is 0 Å². The van der Waals surface area contributed by atoms with Gasteiger partial charge in [0.2, 0.25) is 0 Å². The van der Waals surface area contributed by atoms with Crippen LogP contribution in [0.5, 0.6) is 11.5 Å². The number of pyridine rings is 1. The zero-order chi connectivity index (χ0) is 23.7. The monoisotopic (exact) mass is 476 g/mol. The van der Waals surface area contributed by atoms with E-state index in [1.165, 1.54) is 16.8 Å². The number of ether oxygens (including phenoxy) is 2. The molecule has 1 aliphatic rings. The molecule has 34 heavy (non-hydrogen) atoms. The predicted molar refractivity (Wildman–Crippen MR) is 137 cm³/mol. The molecule has 0 bridgehead atoms. The molecule has 4 aromatic rings. The number of nitrogens with one attached hydrogen (secondary N) is 1. The van der Waals surface area contributed by atoms with Gasteiger partial charge in [0, 0.05) is 61.5 Å². The van der Waals surface area contributed by atoms with E-state index in [-0.39, 0.29) is 0 Å². The van der Waals surface area contributed by atoms with Gasteiger partial charge in [-0.05, 0) is 31.0 Å². The van der Waals surface area contributed by atoms with Crippen molar-refractivity contribution in [2.45, 2.75) is 25.9 Å². The van der Waals surface area contributed by atoms with Crippen molar-refractivity contribution < 1.29 is 9.47 Å². The van der Waals surface area contributed by atoms with E-state index < -0.39 is 0 Å². The molecule has 5 rings (SSSR count). The molecule has 7 heteroatoms. The van der Waals surface area contributed by atoms with Gasteiger partial charge in [-0.3, -0.25) is 0 Å². The molecule has 1 N–H and O–H groups in total. The molecule has 0 radical (unpaired) electrons. The molecule has 176 valence electrons. The Labute approximate surface area is 205 Å². The summed E-state index contributed by atoms with van der Waals surface area (Å²) in [6, 6.07) is 17.1. The van der Waals surface area contributed by atoms with Crippen LogP contribution in [0.2, 0.25) is 5.02 Å². The second kappa shape index (κ2) is 9.57. The third-order valence-electron chi connectivity index (χ3n) is 6.46. The fraction of sp³-hybridized carbons (Fsp3) is 0.296. The van der Waals surface area contributed by atoms with Crippen LogP contribution in [0, 0.1) is 6.92 Å². The fourth-order valence-corrected chi connectivity index (χ4v) is 4.73. The Hall–Kier alpha value is -3.22. The van der Waals surface area contributed by atoms with Gasteiger partial charge in [-0.25, -0.2) is 4.98 Å². The van der Waals surface area contributed by atoms with Crippen LogP contribution in [0.3, 0.4) is 0 Å². The Balaban J connectivity index is 1.32. The molecule has 0 saturated carbocycles. The smallest absolute Gasteiger partial charge is 0.141 e. The van der Waals surface area contributed by atoms with Crippen molar-refractivity contribution in [3.05, 3.63) is 77.1 Å². The third kappa shape index (κ3) is 4.56. The van der Waals surface area contributed by atoms with Crippen LogP contribution < -0.4 is 19.7 Å². The minimum atomic E-state index is 0.471. The number of aryl methyl sites for hydroxylation is 1. The molecule has 1 fully saturated rings. The first-order valence-electron chi connectivity index (χ1n) is 11.5. The molecule has 2 aromatic carbocycles. The van der Waals surface area contributed by atoms with Crippen molar-refractivity contribution in [2.75, 3.05) is 32.2 Å². The molecular weight excluding hydrogens is 448 g/mol. The summed E-state index contributed by atoms with van der Waals surface area (Å²) >= 11 is 6.38. The Bertz CT molecular complexity index is 1300. The molecule has 1 atom stereocenters. The van der Waals surface area contributed by atoms with Crippen molar-refractivity contribution in [1.29, 1.82) is 0 Å². The number of hydrogen-bond acceptors (Lipinski definition) is 5. The largest absolute Gasteiger partial charge is 0.496 e. The topological polar surface area (TPSA) is 51.0 Å². The fourth-order valence-electron chi connectivity index (χ4n) is 4.49. The molecule has 1 saturated heterocycles. The van der Waals surface area contributed by atoms with Gasteiger partial charge >= 0.3 is 0 Å². The van der Waals surface area contributed by atoms with Gasteiger partial charge in [-0.15, -0.1) is 0 Å². The number of anilines is 1. The number of benzene rings is 2. The highest BCUT2D eigenvalue weighted by atomic mass is 35.5. The Kier molecular flexibility index (Phi) is 6.35. The average Bonchev–Trinajstić information content (AvgIpc) is 3.50. The number of imidazole rings is 1. The first-order valence-corrected chi connectivity index (χ1v) is 11.9. The van der Waals surface area contributed by atoms with Crippen LogP contribution in [0.1, 0.15) is 17.5 Å². The number of rotatable bonds is 7. The molecule has 0 spiro atoms. The van der Waals surface area contributed by atoms with E-state index in [0.717, 1.165) is 43.0 Å². The number of fused-ring (bicyclic) bond motifs is 1. The van der Waals surface area contributed by atoms with Gasteiger partial charge in [0.1, 0.15) is 17.1 Å². The van der Waals surface area contributed by atoms with Crippen molar-refractivity contribution in [2.24, 2.45) is 0 Å². The van der Waals surface area contributed by atoms with Gasteiger partial charge in [0.15, 0.2) is 0 Å². The quantitative estimate of drug-likeness (QED) is 0.389. The number of halogens is 1. The SMILES string of the molecule is COc1cc(OC)c(-c2cn3ccc(N4CCC(NCc5ccc(C)cc5)C4)cc3n2)cc1Cl. The normalized spacial score (nSPS) is 15.8. The summed E-state index contributed by atoms with van der Waals surface area (Å²) in [5, 5.41) is 4.23. The molecular formula is C27H29ClN4O2. The van der Waals surface area contributed by atoms with Crippen molar-refractivity contribution in [3.8, 4) is 22.8 Å². The summed E-state index contributed by atoms with van der Waals surface area (Å²) in [5.74, 6) is 1.25. The van der Waals surface area contributed by atoms with Crippen LogP contribution in [-0.2, 0) is 6.54 Å². The molecule has 6 nitrogen and oxygen atoms in total. The summed E-state index contributed by atoms with van der Waals surface area (Å²) in [6.45, 7) is 5.02. The highest BCUT2D eigenvalue weighted by Crippen LogP contribution is 2.38. The number of aromatic nitrogens is 2. The van der Waals surface area contributed by atoms with E-state index in [2.05, 4.69) is 59.7 Å². The maximum Gasteiger partial charge on any atom is 0.141 e. The molecule has 1 aliphatic heterocycles. The summed E-state index contributed by atoms with van der Waals surface area (Å²) < 4.78 is 12.9. The van der Waals surface area contributed by atoms with Crippen molar-refractivity contribution >= 4 is 22.9 Å². The van der Waals surface area contributed by atoms with Crippen LogP contribution in [0.4, 0.5) is 5.69 Å². The molecule has 2 aromatic heterocycles. The van der Waals surface area contributed by atoms with E-state index >= 15 is 0 Å². The second-order valence-corrected chi connectivity index (χ2v) is 9.17. The summed E-state index contributed by atoms with van der Waals surface area (Å²) in [4.78, 5) is 7.29. The lowest BCUT2D eigenvalue weighted by Crippen LogP contribution is -2.32. The van der Waals surface area contributed by atoms with Gasteiger partial charge in [-0.1, -0.05) is 41.4 Å². The Morgan fingerprint density at radius 1 is 1.06 bits per heavy atom. The summed E-state index contributed by atoms with van der Waals surface area (Å²) in [7, 11) is 3.23. The van der Waals surface area contributed by atoms with Crippen LogP contribution in [0.15, 0.2) is 60.9 Å². The predicted octanol–water partition coefficient (Wildman–Crippen LogP) is 5.35. The lowest BCUT2D eigenvalue weighted by molar-refractivity contribution is 0.395. The van der Waals surface area contributed by atoms with Gasteiger partial charge in [0.05, 0.1) is 24.9 Å². The van der Waals surface area contributed by atoms with Gasteiger partial charge < -0.3 is 24.1 Å². The Morgan fingerprint density at radius 2 is 1.85 bits per heavy atom. The number of methoxy groups -OCH3 is 2. The zero-order valence-corrected chi connectivity index (χ0v) is 20.5. The highest BCUT2D eigenvalue weighted by Gasteiger charge is 2.23. The maximum atomic E-state index is 6.38. The van der Waals surface area contributed by atoms with Crippen LogP contribution in [0.25, 0.3) is 16.9 Å².